The van der Waals surface area contributed by atoms with Gasteiger partial charge in [0.1, 0.15) is 24.4 Å². The molecule has 4 aliphatic carbocycles. The minimum absolute atomic E-state index is 0.101. The summed E-state index contributed by atoms with van der Waals surface area (Å²) < 4.78 is 11.9. The third-order valence-corrected chi connectivity index (χ3v) is 13.2. The predicted octanol–water partition coefficient (Wildman–Crippen LogP) is 5.46. The van der Waals surface area contributed by atoms with Crippen LogP contribution in [0, 0.1) is 52.3 Å². The van der Waals surface area contributed by atoms with Gasteiger partial charge in [-0.2, -0.15) is 0 Å². The van der Waals surface area contributed by atoms with Crippen molar-refractivity contribution in [1.29, 1.82) is 0 Å². The summed E-state index contributed by atoms with van der Waals surface area (Å²) in [5, 5.41) is 40.3. The summed E-state index contributed by atoms with van der Waals surface area (Å²) in [6.45, 7) is 14.4. The molecule has 1 heterocycles. The number of ether oxygens (including phenoxy) is 2. The molecule has 6 nitrogen and oxygen atoms in total. The van der Waals surface area contributed by atoms with E-state index in [0.29, 0.717) is 5.41 Å². The Kier molecular flexibility index (Phi) is 9.19. The summed E-state index contributed by atoms with van der Waals surface area (Å²) in [6, 6.07) is 0. The lowest BCUT2D eigenvalue weighted by Gasteiger charge is -2.58. The van der Waals surface area contributed by atoms with Crippen molar-refractivity contribution in [2.45, 2.75) is 143 Å². The number of rotatable bonds is 8. The molecule has 5 aliphatic rings. The highest BCUT2D eigenvalue weighted by atomic mass is 16.7. The van der Waals surface area contributed by atoms with Crippen molar-refractivity contribution in [2.24, 2.45) is 52.3 Å². The lowest BCUT2D eigenvalue weighted by Crippen LogP contribution is -2.60. The number of aliphatic hydroxyl groups is 4. The van der Waals surface area contributed by atoms with E-state index in [1.807, 2.05) is 0 Å². The predicted molar refractivity (Wildman–Crippen MR) is 156 cm³/mol. The first-order valence-corrected chi connectivity index (χ1v) is 16.6. The number of allylic oxidation sites excluding steroid dienone is 1. The van der Waals surface area contributed by atoms with Gasteiger partial charge in [0.2, 0.25) is 0 Å². The second-order valence-electron chi connectivity index (χ2n) is 15.5. The van der Waals surface area contributed by atoms with Crippen LogP contribution in [0.25, 0.3) is 0 Å². The van der Waals surface area contributed by atoms with Gasteiger partial charge in [-0.3, -0.25) is 0 Å². The zero-order chi connectivity index (χ0) is 29.0. The number of hydrogen-bond donors (Lipinski definition) is 4. The largest absolute Gasteiger partial charge is 0.394 e. The highest BCUT2D eigenvalue weighted by molar-refractivity contribution is 5.25. The van der Waals surface area contributed by atoms with Gasteiger partial charge < -0.3 is 29.9 Å². The van der Waals surface area contributed by atoms with Gasteiger partial charge in [-0.1, -0.05) is 66.0 Å². The van der Waals surface area contributed by atoms with Gasteiger partial charge in [0.05, 0.1) is 12.7 Å². The fourth-order valence-corrected chi connectivity index (χ4v) is 10.1. The third kappa shape index (κ3) is 5.36. The third-order valence-electron chi connectivity index (χ3n) is 13.2. The second-order valence-corrected chi connectivity index (χ2v) is 15.5. The Morgan fingerprint density at radius 2 is 1.68 bits per heavy atom. The molecule has 1 saturated heterocycles. The fourth-order valence-electron chi connectivity index (χ4n) is 10.1. The molecule has 40 heavy (non-hydrogen) atoms. The second kappa shape index (κ2) is 11.9. The summed E-state index contributed by atoms with van der Waals surface area (Å²) >= 11 is 0. The van der Waals surface area contributed by atoms with Crippen LogP contribution in [-0.2, 0) is 9.47 Å². The van der Waals surface area contributed by atoms with E-state index in [9.17, 15) is 20.4 Å². The SMILES string of the molecule is CC(C)C(C)CCC(C)C1CCC2C3CC=C4CC(O[C@@H]5O[C@H](CO)[C@@H](O)[C@H](O)[C@H]5O)CCC4(C)C3CCC12C. The molecular formula is C34H58O6. The van der Waals surface area contributed by atoms with Crippen LogP contribution in [0.1, 0.15) is 106 Å². The summed E-state index contributed by atoms with van der Waals surface area (Å²) in [7, 11) is 0. The van der Waals surface area contributed by atoms with Crippen molar-refractivity contribution >= 4 is 0 Å². The molecular weight excluding hydrogens is 504 g/mol. The normalized spacial score (nSPS) is 48.6. The van der Waals surface area contributed by atoms with Gasteiger partial charge in [-0.25, -0.2) is 0 Å². The van der Waals surface area contributed by atoms with Crippen LogP contribution in [-0.4, -0.2) is 63.8 Å². The molecule has 0 aromatic carbocycles. The van der Waals surface area contributed by atoms with Crippen LogP contribution in [0.5, 0.6) is 0 Å². The highest BCUT2D eigenvalue weighted by Gasteiger charge is 2.59. The summed E-state index contributed by atoms with van der Waals surface area (Å²) in [4.78, 5) is 0. The van der Waals surface area contributed by atoms with E-state index < -0.39 is 37.3 Å². The Labute approximate surface area is 242 Å². The van der Waals surface area contributed by atoms with E-state index in [0.717, 1.165) is 60.7 Å². The molecule has 3 saturated carbocycles. The smallest absolute Gasteiger partial charge is 0.186 e. The van der Waals surface area contributed by atoms with Crippen LogP contribution in [0.15, 0.2) is 11.6 Å². The lowest BCUT2D eigenvalue weighted by atomic mass is 9.47. The quantitative estimate of drug-likeness (QED) is 0.293. The molecule has 230 valence electrons. The van der Waals surface area contributed by atoms with Gasteiger partial charge in [-0.15, -0.1) is 0 Å². The minimum atomic E-state index is -1.40. The van der Waals surface area contributed by atoms with E-state index in [-0.39, 0.29) is 11.5 Å². The van der Waals surface area contributed by atoms with Crippen LogP contribution >= 0.6 is 0 Å². The zero-order valence-electron chi connectivity index (χ0n) is 26.0. The van der Waals surface area contributed by atoms with Crippen LogP contribution in [0.3, 0.4) is 0 Å². The Hall–Kier alpha value is -0.500. The van der Waals surface area contributed by atoms with E-state index >= 15 is 0 Å². The lowest BCUT2D eigenvalue weighted by molar-refractivity contribution is -0.313. The average molecular weight is 563 g/mol. The topological polar surface area (TPSA) is 99.4 Å². The molecule has 5 rings (SSSR count). The monoisotopic (exact) mass is 562 g/mol. The average Bonchev–Trinajstić information content (AvgIpc) is 3.29. The van der Waals surface area contributed by atoms with Crippen LogP contribution < -0.4 is 0 Å². The maximum atomic E-state index is 10.5. The molecule has 4 fully saturated rings. The Balaban J connectivity index is 1.24. The van der Waals surface area contributed by atoms with Crippen molar-refractivity contribution in [1.82, 2.24) is 0 Å². The zero-order valence-corrected chi connectivity index (χ0v) is 26.0. The minimum Gasteiger partial charge on any atom is -0.394 e. The first-order valence-electron chi connectivity index (χ1n) is 16.6. The molecule has 14 atom stereocenters. The summed E-state index contributed by atoms with van der Waals surface area (Å²) in [5.74, 6) is 5.60. The number of fused-ring (bicyclic) bond motifs is 5. The van der Waals surface area contributed by atoms with Gasteiger partial charge in [-0.05, 0) is 104 Å². The summed E-state index contributed by atoms with van der Waals surface area (Å²) in [6.07, 6.45) is 8.56. The molecule has 0 radical (unpaired) electrons. The van der Waals surface area contributed by atoms with Crippen molar-refractivity contribution in [3.8, 4) is 0 Å². The van der Waals surface area contributed by atoms with Crippen molar-refractivity contribution in [2.75, 3.05) is 6.61 Å². The van der Waals surface area contributed by atoms with Gasteiger partial charge in [0.25, 0.3) is 0 Å². The highest BCUT2D eigenvalue weighted by Crippen LogP contribution is 2.67. The Morgan fingerprint density at radius 1 is 0.925 bits per heavy atom. The first kappa shape index (κ1) is 30.9. The van der Waals surface area contributed by atoms with Crippen LogP contribution in [0.2, 0.25) is 0 Å². The molecule has 0 spiro atoms. The number of hydrogen-bond acceptors (Lipinski definition) is 6. The molecule has 1 aliphatic heterocycles. The molecule has 0 aromatic rings. The molecule has 0 amide bonds. The van der Waals surface area contributed by atoms with Crippen molar-refractivity contribution in [3.63, 3.8) is 0 Å². The van der Waals surface area contributed by atoms with Crippen molar-refractivity contribution < 1.29 is 29.9 Å². The van der Waals surface area contributed by atoms with Gasteiger partial charge in [0, 0.05) is 0 Å². The van der Waals surface area contributed by atoms with E-state index in [2.05, 4.69) is 47.6 Å². The molecule has 0 aromatic heterocycles. The molecule has 9 unspecified atom stereocenters. The fraction of sp³-hybridized carbons (Fsp3) is 0.941. The van der Waals surface area contributed by atoms with Crippen molar-refractivity contribution in [3.05, 3.63) is 11.6 Å². The Bertz CT molecular complexity index is 903. The maximum Gasteiger partial charge on any atom is 0.186 e. The first-order chi connectivity index (χ1) is 18.9. The van der Waals surface area contributed by atoms with E-state index in [1.54, 1.807) is 0 Å². The standard InChI is InChI=1S/C34H58O6/c1-19(2)20(3)7-8-21(4)25-11-12-26-24-10-9-22-17-23(13-15-33(22,5)27(24)14-16-34(25,26)6)39-32-31(38)30(37)29(36)28(18-35)40-32/h9,19-21,23-32,35-38H,7-8,10-18H2,1-6H3/t20?,21?,23?,24?,25?,26?,27?,28-,29-,30+,31-,32-,33?,34?/m1/s1. The van der Waals surface area contributed by atoms with Crippen LogP contribution in [0.4, 0.5) is 0 Å². The summed E-state index contributed by atoms with van der Waals surface area (Å²) in [5.41, 5.74) is 2.19. The molecule has 0 bridgehead atoms. The van der Waals surface area contributed by atoms with E-state index in [1.165, 1.54) is 50.5 Å². The van der Waals surface area contributed by atoms with Gasteiger partial charge >= 0.3 is 0 Å². The maximum absolute atomic E-state index is 10.5. The van der Waals surface area contributed by atoms with E-state index in [4.69, 9.17) is 9.47 Å². The van der Waals surface area contributed by atoms with Gasteiger partial charge in [0.15, 0.2) is 6.29 Å². The number of aliphatic hydroxyl groups excluding tert-OH is 4. The molecule has 6 heteroatoms. The Morgan fingerprint density at radius 3 is 2.38 bits per heavy atom. The molecule has 4 N–H and O–H groups in total.